The summed E-state index contributed by atoms with van der Waals surface area (Å²) in [6.07, 6.45) is 10.1. The molecule has 8 heteroatoms. The van der Waals surface area contributed by atoms with Crippen molar-refractivity contribution in [3.63, 3.8) is 0 Å². The molecule has 0 bridgehead atoms. The normalized spacial score (nSPS) is 21.4. The molecule has 2 aliphatic rings. The third-order valence-corrected chi connectivity index (χ3v) is 4.81. The summed E-state index contributed by atoms with van der Waals surface area (Å²) in [6, 6.07) is 4.14. The lowest BCUT2D eigenvalue weighted by Crippen LogP contribution is -2.47. The molecule has 128 valence electrons. The third-order valence-electron chi connectivity index (χ3n) is 4.81. The van der Waals surface area contributed by atoms with Gasteiger partial charge in [-0.25, -0.2) is 9.97 Å². The smallest absolute Gasteiger partial charge is 0.243 e. The van der Waals surface area contributed by atoms with Gasteiger partial charge in [0.2, 0.25) is 11.9 Å². The largest absolute Gasteiger partial charge is 0.365 e. The van der Waals surface area contributed by atoms with Crippen LogP contribution in [0.4, 0.5) is 5.82 Å². The van der Waals surface area contributed by atoms with Gasteiger partial charge in [-0.1, -0.05) is 0 Å². The summed E-state index contributed by atoms with van der Waals surface area (Å²) in [7, 11) is 0. The second kappa shape index (κ2) is 6.16. The van der Waals surface area contributed by atoms with Crippen LogP contribution in [0.15, 0.2) is 31.0 Å². The number of imidazole rings is 1. The Morgan fingerprint density at radius 1 is 1.40 bits per heavy atom. The SMILES string of the molecule is N#CC1(C(=O)N2CCC[C@@H](Nc3ccnc(-n4ccnc4)n3)C2)CC1. The summed E-state index contributed by atoms with van der Waals surface area (Å²) in [4.78, 5) is 27.1. The van der Waals surface area contributed by atoms with E-state index < -0.39 is 5.41 Å². The lowest BCUT2D eigenvalue weighted by Gasteiger charge is -2.34. The summed E-state index contributed by atoms with van der Waals surface area (Å²) >= 11 is 0. The van der Waals surface area contributed by atoms with Crippen LogP contribution < -0.4 is 5.32 Å². The molecule has 1 saturated heterocycles. The highest BCUT2D eigenvalue weighted by Crippen LogP contribution is 2.46. The van der Waals surface area contributed by atoms with E-state index in [1.54, 1.807) is 29.5 Å². The van der Waals surface area contributed by atoms with Gasteiger partial charge in [0.1, 0.15) is 17.6 Å². The monoisotopic (exact) mass is 337 g/mol. The van der Waals surface area contributed by atoms with E-state index in [2.05, 4.69) is 26.3 Å². The number of hydrogen-bond donors (Lipinski definition) is 1. The fourth-order valence-electron chi connectivity index (χ4n) is 3.22. The van der Waals surface area contributed by atoms with Crippen molar-refractivity contribution in [2.24, 2.45) is 5.41 Å². The maximum atomic E-state index is 12.6. The highest BCUT2D eigenvalue weighted by atomic mass is 16.2. The molecule has 25 heavy (non-hydrogen) atoms. The van der Waals surface area contributed by atoms with Crippen molar-refractivity contribution in [2.75, 3.05) is 18.4 Å². The van der Waals surface area contributed by atoms with E-state index in [1.807, 2.05) is 11.0 Å². The van der Waals surface area contributed by atoms with Gasteiger partial charge in [0, 0.05) is 37.7 Å². The zero-order chi connectivity index (χ0) is 17.3. The van der Waals surface area contributed by atoms with E-state index in [1.165, 1.54) is 0 Å². The Kier molecular flexibility index (Phi) is 3.84. The molecule has 2 aromatic rings. The molecule has 1 aliphatic carbocycles. The lowest BCUT2D eigenvalue weighted by atomic mass is 10.0. The Balaban J connectivity index is 1.44. The highest BCUT2D eigenvalue weighted by molar-refractivity contribution is 5.88. The number of carbonyl (C=O) groups is 1. The van der Waals surface area contributed by atoms with E-state index in [-0.39, 0.29) is 11.9 Å². The molecule has 0 unspecified atom stereocenters. The molecule has 2 fully saturated rings. The Bertz CT molecular complexity index is 807. The van der Waals surface area contributed by atoms with Gasteiger partial charge in [-0.2, -0.15) is 10.2 Å². The van der Waals surface area contributed by atoms with E-state index >= 15 is 0 Å². The summed E-state index contributed by atoms with van der Waals surface area (Å²) in [5.41, 5.74) is -0.745. The molecule has 1 aliphatic heterocycles. The predicted molar refractivity (Wildman–Crippen MR) is 89.7 cm³/mol. The summed E-state index contributed by atoms with van der Waals surface area (Å²) in [6.45, 7) is 1.33. The van der Waals surface area contributed by atoms with Crippen molar-refractivity contribution in [3.8, 4) is 12.0 Å². The van der Waals surface area contributed by atoms with Gasteiger partial charge in [0.15, 0.2) is 0 Å². The number of carbonyl (C=O) groups excluding carboxylic acids is 1. The molecule has 1 saturated carbocycles. The van der Waals surface area contributed by atoms with Crippen LogP contribution in [0.2, 0.25) is 0 Å². The van der Waals surface area contributed by atoms with Crippen molar-refractivity contribution in [3.05, 3.63) is 31.0 Å². The van der Waals surface area contributed by atoms with E-state index in [4.69, 9.17) is 0 Å². The summed E-state index contributed by atoms with van der Waals surface area (Å²) < 4.78 is 1.74. The quantitative estimate of drug-likeness (QED) is 0.904. The number of nitriles is 1. The minimum atomic E-state index is -0.745. The zero-order valence-electron chi connectivity index (χ0n) is 13.8. The predicted octanol–water partition coefficient (Wildman–Crippen LogP) is 1.37. The van der Waals surface area contributed by atoms with Gasteiger partial charge in [-0.05, 0) is 31.7 Å². The first kappa shape index (κ1) is 15.6. The Hall–Kier alpha value is -2.95. The van der Waals surface area contributed by atoms with Crippen LogP contribution in [0.5, 0.6) is 0 Å². The number of piperidine rings is 1. The molecule has 0 radical (unpaired) electrons. The van der Waals surface area contributed by atoms with Crippen LogP contribution in [0.25, 0.3) is 5.95 Å². The maximum absolute atomic E-state index is 12.6. The van der Waals surface area contributed by atoms with Crippen LogP contribution in [-0.2, 0) is 4.79 Å². The summed E-state index contributed by atoms with van der Waals surface area (Å²) in [5, 5.41) is 12.6. The van der Waals surface area contributed by atoms with Crippen molar-refractivity contribution in [1.29, 1.82) is 5.26 Å². The topological polar surface area (TPSA) is 99.7 Å². The number of anilines is 1. The first-order valence-corrected chi connectivity index (χ1v) is 8.49. The van der Waals surface area contributed by atoms with Crippen molar-refractivity contribution in [2.45, 2.75) is 31.7 Å². The van der Waals surface area contributed by atoms with Gasteiger partial charge in [0.25, 0.3) is 0 Å². The average molecular weight is 337 g/mol. The van der Waals surface area contributed by atoms with Crippen LogP contribution >= 0.6 is 0 Å². The minimum absolute atomic E-state index is 0.0108. The van der Waals surface area contributed by atoms with E-state index in [9.17, 15) is 10.1 Å². The molecule has 3 heterocycles. The minimum Gasteiger partial charge on any atom is -0.365 e. The van der Waals surface area contributed by atoms with E-state index in [0.29, 0.717) is 25.3 Å². The number of likely N-dealkylation sites (tertiary alicyclic amines) is 1. The summed E-state index contributed by atoms with van der Waals surface area (Å²) in [5.74, 6) is 1.26. The fourth-order valence-corrected chi connectivity index (χ4v) is 3.22. The van der Waals surface area contributed by atoms with Gasteiger partial charge >= 0.3 is 0 Å². The Morgan fingerprint density at radius 2 is 2.28 bits per heavy atom. The second-order valence-electron chi connectivity index (χ2n) is 6.64. The highest BCUT2D eigenvalue weighted by Gasteiger charge is 2.52. The molecule has 8 nitrogen and oxygen atoms in total. The van der Waals surface area contributed by atoms with Gasteiger partial charge < -0.3 is 10.2 Å². The molecule has 2 aromatic heterocycles. The van der Waals surface area contributed by atoms with Crippen LogP contribution in [0.1, 0.15) is 25.7 Å². The van der Waals surface area contributed by atoms with Crippen molar-refractivity contribution < 1.29 is 4.79 Å². The molecule has 1 N–H and O–H groups in total. The number of rotatable bonds is 4. The average Bonchev–Trinajstić information content (AvgIpc) is 3.26. The van der Waals surface area contributed by atoms with Crippen LogP contribution in [-0.4, -0.2) is 49.5 Å². The molecule has 4 rings (SSSR count). The van der Waals surface area contributed by atoms with E-state index in [0.717, 1.165) is 25.2 Å². The number of amides is 1. The van der Waals surface area contributed by atoms with Crippen molar-refractivity contribution >= 4 is 11.7 Å². The van der Waals surface area contributed by atoms with Gasteiger partial charge in [0.05, 0.1) is 6.07 Å². The number of hydrogen-bond acceptors (Lipinski definition) is 6. The number of nitrogens with one attached hydrogen (secondary N) is 1. The fraction of sp³-hybridized carbons (Fsp3) is 0.471. The molecule has 1 atom stereocenters. The number of aromatic nitrogens is 4. The molecular weight excluding hydrogens is 318 g/mol. The molecule has 0 spiro atoms. The Morgan fingerprint density at radius 3 is 3.00 bits per heavy atom. The lowest BCUT2D eigenvalue weighted by molar-refractivity contribution is -0.136. The second-order valence-corrected chi connectivity index (χ2v) is 6.64. The molecular formula is C17H19N7O. The Labute approximate surface area is 145 Å². The van der Waals surface area contributed by atoms with Crippen molar-refractivity contribution in [1.82, 2.24) is 24.4 Å². The number of nitrogens with zero attached hydrogens (tertiary/aromatic N) is 6. The van der Waals surface area contributed by atoms with Crippen LogP contribution in [0, 0.1) is 16.7 Å². The third kappa shape index (κ3) is 3.05. The van der Waals surface area contributed by atoms with Crippen LogP contribution in [0.3, 0.4) is 0 Å². The van der Waals surface area contributed by atoms with Gasteiger partial charge in [-0.3, -0.25) is 9.36 Å². The standard InChI is InChI=1S/C17H19N7O/c18-11-17(4-5-17)15(25)23-8-1-2-13(10-23)21-14-3-6-20-16(22-14)24-9-7-19-12-24/h3,6-7,9,12-13H,1-2,4-5,8,10H2,(H,20,21,22)/t13-/m1/s1. The first-order chi connectivity index (χ1) is 12.2. The first-order valence-electron chi connectivity index (χ1n) is 8.49. The molecule has 0 aromatic carbocycles. The molecule has 1 amide bonds. The zero-order valence-corrected chi connectivity index (χ0v) is 13.8. The maximum Gasteiger partial charge on any atom is 0.243 e. The van der Waals surface area contributed by atoms with Gasteiger partial charge in [-0.15, -0.1) is 0 Å².